The van der Waals surface area contributed by atoms with E-state index in [1.165, 1.54) is 25.7 Å². The number of fused-ring (bicyclic) bond motifs is 1. The number of hydrogen-bond donors (Lipinski definition) is 3. The number of benzene rings is 1. The molecule has 0 bridgehead atoms. The maximum atomic E-state index is 11.0. The number of carbonyl (C=O) groups excluding carboxylic acids is 1. The average molecular weight is 524 g/mol. The quantitative estimate of drug-likeness (QED) is 0.429. The van der Waals surface area contributed by atoms with Crippen LogP contribution in [0.4, 0.5) is 0 Å². The molecule has 0 radical (unpaired) electrons. The summed E-state index contributed by atoms with van der Waals surface area (Å²) in [4.78, 5) is 19.4. The Morgan fingerprint density at radius 2 is 2.13 bits per heavy atom. The molecule has 1 aliphatic heterocycles. The summed E-state index contributed by atoms with van der Waals surface area (Å²) < 4.78 is 16.1. The van der Waals surface area contributed by atoms with Gasteiger partial charge in [0.05, 0.1) is 31.1 Å². The third kappa shape index (κ3) is 8.85. The van der Waals surface area contributed by atoms with E-state index in [0.29, 0.717) is 25.7 Å². The van der Waals surface area contributed by atoms with Gasteiger partial charge in [-0.05, 0) is 75.6 Å². The van der Waals surface area contributed by atoms with Crippen LogP contribution in [0, 0.1) is 12.8 Å². The van der Waals surface area contributed by atoms with Gasteiger partial charge in [0.1, 0.15) is 23.9 Å². The van der Waals surface area contributed by atoms with E-state index in [9.17, 15) is 4.79 Å². The summed E-state index contributed by atoms with van der Waals surface area (Å²) in [5.74, 6) is 3.13. The van der Waals surface area contributed by atoms with Crippen molar-refractivity contribution < 1.29 is 19.0 Å². The zero-order chi connectivity index (χ0) is 27.3. The lowest BCUT2D eigenvalue weighted by Crippen LogP contribution is -2.35. The first kappa shape index (κ1) is 29.1. The monoisotopic (exact) mass is 523 g/mol. The van der Waals surface area contributed by atoms with E-state index in [-0.39, 0.29) is 12.5 Å². The number of carbonyl (C=O) groups is 1. The van der Waals surface area contributed by atoms with Crippen LogP contribution in [0.2, 0.25) is 0 Å². The molecule has 2 fully saturated rings. The number of nitrogens with one attached hydrogen (secondary N) is 2. The summed E-state index contributed by atoms with van der Waals surface area (Å²) in [5.41, 5.74) is 8.30. The molecule has 1 saturated heterocycles. The van der Waals surface area contributed by atoms with Crippen molar-refractivity contribution in [2.24, 2.45) is 16.6 Å². The topological polar surface area (TPSA) is 120 Å². The van der Waals surface area contributed by atoms with Crippen molar-refractivity contribution in [3.05, 3.63) is 53.6 Å². The first-order chi connectivity index (χ1) is 18.4. The van der Waals surface area contributed by atoms with Crippen LogP contribution in [0.1, 0.15) is 38.2 Å². The first-order valence-corrected chi connectivity index (χ1v) is 13.2. The number of hydrogen-bond acceptors (Lipinski definition) is 8. The molecule has 2 aromatic rings. The van der Waals surface area contributed by atoms with Crippen molar-refractivity contribution in [1.29, 1.82) is 0 Å². The van der Waals surface area contributed by atoms with Crippen LogP contribution < -0.4 is 25.8 Å². The molecule has 1 aromatic carbocycles. The van der Waals surface area contributed by atoms with Crippen LogP contribution >= 0.6 is 0 Å². The third-order valence-corrected chi connectivity index (χ3v) is 6.77. The number of rotatable bonds is 9. The Balaban J connectivity index is 0.000000215. The molecule has 2 aliphatic rings. The summed E-state index contributed by atoms with van der Waals surface area (Å²) in [7, 11) is 1.65. The van der Waals surface area contributed by atoms with Crippen LogP contribution in [-0.4, -0.2) is 63.6 Å². The smallest absolute Gasteiger partial charge is 0.258 e. The molecule has 1 aliphatic carbocycles. The van der Waals surface area contributed by atoms with Gasteiger partial charge in [-0.25, -0.2) is 0 Å². The highest BCUT2D eigenvalue weighted by Crippen LogP contribution is 2.28. The van der Waals surface area contributed by atoms with Crippen LogP contribution in [0.5, 0.6) is 11.5 Å². The molecule has 206 valence electrons. The lowest BCUT2D eigenvalue weighted by Gasteiger charge is -2.27. The molecule has 38 heavy (non-hydrogen) atoms. The van der Waals surface area contributed by atoms with Crippen LogP contribution in [0.15, 0.2) is 53.0 Å². The second kappa shape index (κ2) is 15.1. The Kier molecular flexibility index (Phi) is 11.6. The molecule has 0 unspecified atom stereocenters. The maximum absolute atomic E-state index is 11.0. The fraction of sp³-hybridized carbons (Fsp3) is 0.483. The molecule has 0 atom stereocenters. The van der Waals surface area contributed by atoms with Gasteiger partial charge in [-0.15, -0.1) is 0 Å². The highest BCUT2D eigenvalue weighted by atomic mass is 16.5. The highest BCUT2D eigenvalue weighted by molar-refractivity contribution is 5.85. The van der Waals surface area contributed by atoms with Crippen molar-refractivity contribution in [3.8, 4) is 11.5 Å². The largest absolute Gasteiger partial charge is 0.497 e. The lowest BCUT2D eigenvalue weighted by atomic mass is 9.87. The summed E-state index contributed by atoms with van der Waals surface area (Å²) in [6.07, 6.45) is 10.6. The van der Waals surface area contributed by atoms with Gasteiger partial charge in [0.2, 0.25) is 0 Å². The van der Waals surface area contributed by atoms with Gasteiger partial charge in [0.25, 0.3) is 5.91 Å². The SMILES string of the molecule is C=N/C(=C\C=C1/CNC(=O)CO1)CNC1CCC(C)CC1.COc1ccc2ncc(OCCN)c(C)c2c1. The van der Waals surface area contributed by atoms with Crippen molar-refractivity contribution in [3.63, 3.8) is 0 Å². The molecule has 4 rings (SSSR count). The molecule has 0 spiro atoms. The number of nitrogens with zero attached hydrogens (tertiary/aromatic N) is 2. The zero-order valence-corrected chi connectivity index (χ0v) is 22.8. The molecule has 1 amide bonds. The predicted octanol–water partition coefficient (Wildman–Crippen LogP) is 3.66. The second-order valence-corrected chi connectivity index (χ2v) is 9.62. The van der Waals surface area contributed by atoms with E-state index < -0.39 is 0 Å². The third-order valence-electron chi connectivity index (χ3n) is 6.77. The van der Waals surface area contributed by atoms with Crippen molar-refractivity contribution in [1.82, 2.24) is 15.6 Å². The molecule has 1 saturated carbocycles. The van der Waals surface area contributed by atoms with E-state index in [1.807, 2.05) is 37.3 Å². The van der Waals surface area contributed by atoms with Crippen LogP contribution in [-0.2, 0) is 9.53 Å². The maximum Gasteiger partial charge on any atom is 0.258 e. The average Bonchev–Trinajstić information content (AvgIpc) is 2.95. The van der Waals surface area contributed by atoms with Gasteiger partial charge >= 0.3 is 0 Å². The number of allylic oxidation sites excluding steroid dienone is 2. The fourth-order valence-corrected chi connectivity index (χ4v) is 4.35. The van der Waals surface area contributed by atoms with Crippen molar-refractivity contribution in [2.45, 2.75) is 45.6 Å². The fourth-order valence-electron chi connectivity index (χ4n) is 4.35. The van der Waals surface area contributed by atoms with Gasteiger partial charge in [-0.1, -0.05) is 6.92 Å². The van der Waals surface area contributed by atoms with Gasteiger partial charge in [0.15, 0.2) is 6.61 Å². The van der Waals surface area contributed by atoms with E-state index in [4.69, 9.17) is 19.9 Å². The van der Waals surface area contributed by atoms with Crippen molar-refractivity contribution in [2.75, 3.05) is 40.0 Å². The van der Waals surface area contributed by atoms with Crippen molar-refractivity contribution >= 4 is 23.5 Å². The number of nitrogens with two attached hydrogens (primary N) is 1. The number of morpholine rings is 1. The normalized spacial score (nSPS) is 20.7. The number of aromatic nitrogens is 1. The number of pyridine rings is 1. The Labute approximate surface area is 225 Å². The van der Waals surface area contributed by atoms with Gasteiger partial charge in [-0.2, -0.15) is 0 Å². The first-order valence-electron chi connectivity index (χ1n) is 13.2. The van der Waals surface area contributed by atoms with Crippen LogP contribution in [0.25, 0.3) is 10.9 Å². The minimum atomic E-state index is -0.0774. The number of amides is 1. The van der Waals surface area contributed by atoms with E-state index >= 15 is 0 Å². The zero-order valence-electron chi connectivity index (χ0n) is 22.8. The Morgan fingerprint density at radius 3 is 2.79 bits per heavy atom. The summed E-state index contributed by atoms with van der Waals surface area (Å²) in [6, 6.07) is 6.39. The molecule has 4 N–H and O–H groups in total. The number of aryl methyl sites for hydroxylation is 1. The molecule has 9 heteroatoms. The number of methoxy groups -OCH3 is 1. The highest BCUT2D eigenvalue weighted by Gasteiger charge is 2.17. The molecular formula is C29H41N5O4. The number of ether oxygens (including phenoxy) is 3. The van der Waals surface area contributed by atoms with E-state index in [2.05, 4.69) is 34.3 Å². The summed E-state index contributed by atoms with van der Waals surface area (Å²) >= 11 is 0. The van der Waals surface area contributed by atoms with Crippen LogP contribution in [0.3, 0.4) is 0 Å². The Morgan fingerprint density at radius 1 is 1.34 bits per heavy atom. The second-order valence-electron chi connectivity index (χ2n) is 9.62. The van der Waals surface area contributed by atoms with E-state index in [0.717, 1.165) is 51.9 Å². The number of aliphatic imine (C=N–C) groups is 1. The Hall–Kier alpha value is -3.43. The molecule has 1 aromatic heterocycles. The summed E-state index contributed by atoms with van der Waals surface area (Å²) in [5, 5.41) is 7.33. The molecule has 2 heterocycles. The van der Waals surface area contributed by atoms with Gasteiger partial charge < -0.3 is 30.6 Å². The minimum absolute atomic E-state index is 0.0774. The van der Waals surface area contributed by atoms with E-state index in [1.54, 1.807) is 13.3 Å². The minimum Gasteiger partial charge on any atom is -0.497 e. The van der Waals surface area contributed by atoms with Gasteiger partial charge in [0, 0.05) is 30.1 Å². The predicted molar refractivity (Wildman–Crippen MR) is 152 cm³/mol. The standard InChI is InChI=1S/C16H25N3O2.C13H16N2O2/c1-12-3-5-13(6-4-12)18-9-14(17-2)7-8-15-10-19-16(20)11-21-15;1-9-11-7-10(16-2)3-4-12(11)15-8-13(9)17-6-5-14/h7-8,12-13,18H,2-6,9-11H2,1H3,(H,19,20);3-4,7-8H,5-6,14H2,1-2H3/b14-7-,15-8+;. The summed E-state index contributed by atoms with van der Waals surface area (Å²) in [6.45, 7) is 10.2. The lowest BCUT2D eigenvalue weighted by molar-refractivity contribution is -0.126. The Bertz CT molecular complexity index is 1130. The van der Waals surface area contributed by atoms with Gasteiger partial charge in [-0.3, -0.25) is 14.8 Å². The molecular weight excluding hydrogens is 482 g/mol. The molecule has 9 nitrogen and oxygen atoms in total.